The number of aryl methyl sites for hydroxylation is 2. The molecule has 1 aromatic heterocycles. The van der Waals surface area contributed by atoms with Crippen molar-refractivity contribution >= 4 is 40.6 Å². The quantitative estimate of drug-likeness (QED) is 0.415. The van der Waals surface area contributed by atoms with Crippen molar-refractivity contribution in [2.24, 2.45) is 15.7 Å². The molecule has 1 saturated heterocycles. The minimum Gasteiger partial charge on any atom is -0.487 e. The maximum atomic E-state index is 12.2. The third-order valence-corrected chi connectivity index (χ3v) is 6.25. The number of hydrogen-bond acceptors (Lipinski definition) is 4. The van der Waals surface area contributed by atoms with Crippen LogP contribution in [0.4, 0.5) is 0 Å². The lowest BCUT2D eigenvalue weighted by atomic mass is 10.0. The summed E-state index contributed by atoms with van der Waals surface area (Å²) in [7, 11) is 1.68. The number of amides is 1. The van der Waals surface area contributed by atoms with Crippen LogP contribution in [0.5, 0.6) is 5.75 Å². The number of carbonyl (C=O) groups excluding carboxylic acids is 1. The van der Waals surface area contributed by atoms with Gasteiger partial charge in [0.2, 0.25) is 5.91 Å². The number of fused-ring (bicyclic) bond motifs is 1. The molecule has 0 saturated carbocycles. The highest BCUT2D eigenvalue weighted by molar-refractivity contribution is 6.31. The number of benzene rings is 2. The van der Waals surface area contributed by atoms with Crippen molar-refractivity contribution in [3.8, 4) is 5.75 Å². The Morgan fingerprint density at radius 3 is 2.82 bits per heavy atom. The van der Waals surface area contributed by atoms with E-state index in [0.29, 0.717) is 35.1 Å². The molecule has 1 aliphatic heterocycles. The van der Waals surface area contributed by atoms with E-state index in [1.165, 1.54) is 6.34 Å². The second-order valence-electron chi connectivity index (χ2n) is 8.38. The Hall–Kier alpha value is -3.45. The summed E-state index contributed by atoms with van der Waals surface area (Å²) in [5.74, 6) is 1.34. The van der Waals surface area contributed by atoms with Gasteiger partial charge in [-0.05, 0) is 49.6 Å². The molecule has 0 radical (unpaired) electrons. The van der Waals surface area contributed by atoms with Gasteiger partial charge in [-0.2, -0.15) is 0 Å². The van der Waals surface area contributed by atoms with Gasteiger partial charge in [0.05, 0.1) is 6.34 Å². The molecule has 8 heteroatoms. The molecule has 0 atom stereocenters. The van der Waals surface area contributed by atoms with Gasteiger partial charge in [-0.15, -0.1) is 0 Å². The van der Waals surface area contributed by atoms with Crippen LogP contribution in [0.15, 0.2) is 46.4 Å². The summed E-state index contributed by atoms with van der Waals surface area (Å²) in [6.45, 7) is 5.48. The van der Waals surface area contributed by atoms with Crippen LogP contribution in [0.25, 0.3) is 10.9 Å². The fraction of sp³-hybridized carbons (Fsp3) is 0.308. The molecule has 0 aliphatic carbocycles. The lowest BCUT2D eigenvalue weighted by Crippen LogP contribution is -2.24. The van der Waals surface area contributed by atoms with E-state index in [0.717, 1.165) is 46.3 Å². The van der Waals surface area contributed by atoms with E-state index in [1.54, 1.807) is 7.05 Å². The highest BCUT2D eigenvalue weighted by Gasteiger charge is 2.22. The zero-order valence-electron chi connectivity index (χ0n) is 19.6. The Bertz CT molecular complexity index is 1300. The molecule has 4 rings (SSSR count). The zero-order valence-corrected chi connectivity index (χ0v) is 20.4. The molecular weight excluding hydrogens is 450 g/mol. The summed E-state index contributed by atoms with van der Waals surface area (Å²) in [5.41, 5.74) is 10.8. The topological polar surface area (TPSA) is 93.2 Å². The van der Waals surface area contributed by atoms with Gasteiger partial charge in [0.1, 0.15) is 17.9 Å². The van der Waals surface area contributed by atoms with Gasteiger partial charge < -0.3 is 15.4 Å². The second-order valence-corrected chi connectivity index (χ2v) is 8.79. The average Bonchev–Trinajstić information content (AvgIpc) is 3.20. The lowest BCUT2D eigenvalue weighted by Gasteiger charge is -2.20. The van der Waals surface area contributed by atoms with Gasteiger partial charge in [0.25, 0.3) is 0 Å². The summed E-state index contributed by atoms with van der Waals surface area (Å²) in [6, 6.07) is 11.7. The summed E-state index contributed by atoms with van der Waals surface area (Å²) in [5, 5.41) is 1.50. The van der Waals surface area contributed by atoms with E-state index in [1.807, 2.05) is 49.1 Å². The number of ether oxygens (including phenoxy) is 1. The van der Waals surface area contributed by atoms with Crippen LogP contribution in [0.3, 0.4) is 0 Å². The number of nitrogens with two attached hydrogens (primary N) is 1. The van der Waals surface area contributed by atoms with E-state index < -0.39 is 0 Å². The number of likely N-dealkylation sites (tertiary alicyclic amines) is 1. The van der Waals surface area contributed by atoms with Gasteiger partial charge in [0, 0.05) is 53.8 Å². The zero-order chi connectivity index (χ0) is 24.2. The number of aromatic nitrogens is 1. The second kappa shape index (κ2) is 10.2. The maximum Gasteiger partial charge on any atom is 0.222 e. The number of nitrogens with zero attached hydrogens (tertiary/aromatic N) is 4. The standard InChI is InChI=1S/C26H28ClN5O2/c1-16-10-18(13-32-9-5-8-24(32)33)21(22(27)11-16)14-34-23-7-4-6-19-20(26(29-3)30-15-28)12-17(2)31-25(19)23/h4,6-7,10-12,15H,5,8-9,13-14H2,1-3H3,(H2,28,29,30). The SMILES string of the molecule is CN=C(N=CN)c1cc(C)nc2c(OCc3c(Cl)cc(C)cc3CN3CCCC3=O)cccc12. The molecule has 0 bridgehead atoms. The number of para-hydroxylation sites is 1. The number of pyridine rings is 1. The molecule has 2 heterocycles. The van der Waals surface area contributed by atoms with Crippen LogP contribution in [0, 0.1) is 13.8 Å². The molecular formula is C26H28ClN5O2. The van der Waals surface area contributed by atoms with E-state index in [4.69, 9.17) is 27.1 Å². The van der Waals surface area contributed by atoms with Crippen molar-refractivity contribution in [3.05, 3.63) is 69.4 Å². The molecule has 1 aliphatic rings. The van der Waals surface area contributed by atoms with Crippen molar-refractivity contribution < 1.29 is 9.53 Å². The smallest absolute Gasteiger partial charge is 0.222 e. The first-order valence-corrected chi connectivity index (χ1v) is 11.6. The fourth-order valence-corrected chi connectivity index (χ4v) is 4.69. The van der Waals surface area contributed by atoms with Gasteiger partial charge in [-0.1, -0.05) is 29.8 Å². The Morgan fingerprint density at radius 2 is 2.12 bits per heavy atom. The minimum atomic E-state index is 0.180. The van der Waals surface area contributed by atoms with Crippen molar-refractivity contribution in [3.63, 3.8) is 0 Å². The first-order chi connectivity index (χ1) is 16.4. The third kappa shape index (κ3) is 4.89. The normalized spacial score (nSPS) is 14.5. The van der Waals surface area contributed by atoms with E-state index in [-0.39, 0.29) is 12.5 Å². The largest absolute Gasteiger partial charge is 0.487 e. The summed E-state index contributed by atoms with van der Waals surface area (Å²) < 4.78 is 6.29. The van der Waals surface area contributed by atoms with E-state index in [9.17, 15) is 4.79 Å². The Labute approximate surface area is 204 Å². The number of carbonyl (C=O) groups is 1. The summed E-state index contributed by atoms with van der Waals surface area (Å²) in [4.78, 5) is 27.3. The predicted octanol–water partition coefficient (Wildman–Crippen LogP) is 4.57. The Kier molecular flexibility index (Phi) is 7.12. The van der Waals surface area contributed by atoms with Gasteiger partial charge in [-0.3, -0.25) is 9.79 Å². The fourth-order valence-electron chi connectivity index (χ4n) is 4.34. The molecule has 7 nitrogen and oxygen atoms in total. The Balaban J connectivity index is 1.69. The number of hydrogen-bond donors (Lipinski definition) is 1. The monoisotopic (exact) mass is 477 g/mol. The van der Waals surface area contributed by atoms with Gasteiger partial charge in [-0.25, -0.2) is 9.98 Å². The van der Waals surface area contributed by atoms with Crippen molar-refractivity contribution in [2.75, 3.05) is 13.6 Å². The van der Waals surface area contributed by atoms with Crippen molar-refractivity contribution in [1.82, 2.24) is 9.88 Å². The molecule has 1 amide bonds. The van der Waals surface area contributed by atoms with Crippen LogP contribution in [0.1, 0.15) is 40.8 Å². The van der Waals surface area contributed by atoms with Gasteiger partial charge >= 0.3 is 0 Å². The number of amidine groups is 1. The molecule has 2 aromatic carbocycles. The molecule has 3 aromatic rings. The average molecular weight is 478 g/mol. The number of rotatable bonds is 6. The van der Waals surface area contributed by atoms with Crippen LogP contribution in [0.2, 0.25) is 5.02 Å². The summed E-state index contributed by atoms with van der Waals surface area (Å²) >= 11 is 6.64. The number of aliphatic imine (C=N–C) groups is 2. The van der Waals surface area contributed by atoms with Crippen LogP contribution >= 0.6 is 11.6 Å². The van der Waals surface area contributed by atoms with Crippen LogP contribution in [-0.2, 0) is 17.9 Å². The Morgan fingerprint density at radius 1 is 1.29 bits per heavy atom. The van der Waals surface area contributed by atoms with E-state index in [2.05, 4.69) is 16.1 Å². The van der Waals surface area contributed by atoms with Gasteiger partial charge in [0.15, 0.2) is 5.84 Å². The molecule has 0 unspecified atom stereocenters. The summed E-state index contributed by atoms with van der Waals surface area (Å²) in [6.07, 6.45) is 2.73. The maximum absolute atomic E-state index is 12.2. The highest BCUT2D eigenvalue weighted by atomic mass is 35.5. The van der Waals surface area contributed by atoms with E-state index >= 15 is 0 Å². The third-order valence-electron chi connectivity index (χ3n) is 5.92. The van der Waals surface area contributed by atoms with Crippen molar-refractivity contribution in [1.29, 1.82) is 0 Å². The predicted molar refractivity (Wildman–Crippen MR) is 137 cm³/mol. The minimum absolute atomic E-state index is 0.180. The van der Waals surface area contributed by atoms with Crippen LogP contribution in [-0.4, -0.2) is 41.6 Å². The highest BCUT2D eigenvalue weighted by Crippen LogP contribution is 2.31. The first kappa shape index (κ1) is 23.7. The van der Waals surface area contributed by atoms with Crippen molar-refractivity contribution in [2.45, 2.75) is 39.8 Å². The molecule has 2 N–H and O–H groups in total. The number of halogens is 1. The molecule has 34 heavy (non-hydrogen) atoms. The molecule has 0 spiro atoms. The molecule has 176 valence electrons. The lowest BCUT2D eigenvalue weighted by molar-refractivity contribution is -0.128. The first-order valence-electron chi connectivity index (χ1n) is 11.2. The molecule has 1 fully saturated rings. The van der Waals surface area contributed by atoms with Crippen LogP contribution < -0.4 is 10.5 Å².